The molecule has 0 amide bonds. The van der Waals surface area contributed by atoms with Crippen molar-refractivity contribution in [2.75, 3.05) is 5.73 Å². The average Bonchev–Trinajstić information content (AvgIpc) is 3.11. The third-order valence-corrected chi connectivity index (χ3v) is 3.76. The molecule has 120 valence electrons. The van der Waals surface area contributed by atoms with Crippen molar-refractivity contribution in [3.63, 3.8) is 0 Å². The Balaban J connectivity index is 1.96. The highest BCUT2D eigenvalue weighted by Crippen LogP contribution is 2.16. The van der Waals surface area contributed by atoms with Crippen molar-refractivity contribution in [2.45, 2.75) is 13.8 Å². The van der Waals surface area contributed by atoms with Gasteiger partial charge in [0.25, 0.3) is 5.56 Å². The number of aromatic nitrogens is 6. The summed E-state index contributed by atoms with van der Waals surface area (Å²) in [5, 5.41) is 8.95. The van der Waals surface area contributed by atoms with Crippen molar-refractivity contribution in [3.05, 3.63) is 58.1 Å². The molecule has 24 heavy (non-hydrogen) atoms. The number of rotatable bonds is 2. The van der Waals surface area contributed by atoms with Gasteiger partial charge in [-0.1, -0.05) is 17.7 Å². The Morgan fingerprint density at radius 3 is 2.54 bits per heavy atom. The molecule has 0 bridgehead atoms. The van der Waals surface area contributed by atoms with Crippen LogP contribution >= 0.6 is 0 Å². The molecule has 3 aromatic heterocycles. The van der Waals surface area contributed by atoms with E-state index in [4.69, 9.17) is 5.73 Å². The van der Waals surface area contributed by atoms with Gasteiger partial charge in [-0.25, -0.2) is 4.68 Å². The molecule has 3 heterocycles. The van der Waals surface area contributed by atoms with Crippen LogP contribution in [0, 0.1) is 13.8 Å². The van der Waals surface area contributed by atoms with Crippen LogP contribution in [0.3, 0.4) is 0 Å². The van der Waals surface area contributed by atoms with E-state index in [0.29, 0.717) is 16.9 Å². The summed E-state index contributed by atoms with van der Waals surface area (Å²) in [6.45, 7) is 3.83. The Morgan fingerprint density at radius 2 is 1.88 bits per heavy atom. The highest BCUT2D eigenvalue weighted by Gasteiger charge is 2.14. The maximum Gasteiger partial charge on any atom is 0.263 e. The predicted molar refractivity (Wildman–Crippen MR) is 90.5 cm³/mol. The molecule has 1 aromatic carbocycles. The molecule has 3 N–H and O–H groups in total. The van der Waals surface area contributed by atoms with Crippen molar-refractivity contribution in [2.24, 2.45) is 0 Å². The van der Waals surface area contributed by atoms with Gasteiger partial charge in [0.15, 0.2) is 5.65 Å². The summed E-state index contributed by atoms with van der Waals surface area (Å²) >= 11 is 0. The fraction of sp³-hybridized carbons (Fsp3) is 0.125. The zero-order chi connectivity index (χ0) is 16.8. The molecule has 0 aliphatic carbocycles. The molecule has 0 unspecified atom stereocenters. The summed E-state index contributed by atoms with van der Waals surface area (Å²) in [4.78, 5) is 19.6. The molecule has 8 heteroatoms. The Hall–Kier alpha value is -3.42. The largest absolute Gasteiger partial charge is 0.383 e. The monoisotopic (exact) mass is 321 g/mol. The van der Waals surface area contributed by atoms with Crippen molar-refractivity contribution in [1.29, 1.82) is 0 Å². The van der Waals surface area contributed by atoms with E-state index >= 15 is 0 Å². The van der Waals surface area contributed by atoms with Gasteiger partial charge in [0.05, 0.1) is 17.6 Å². The van der Waals surface area contributed by atoms with E-state index in [1.54, 1.807) is 10.7 Å². The van der Waals surface area contributed by atoms with Crippen LogP contribution < -0.4 is 11.3 Å². The number of benzene rings is 1. The molecule has 0 aliphatic heterocycles. The first-order chi connectivity index (χ1) is 11.5. The fourth-order valence-electron chi connectivity index (χ4n) is 2.57. The van der Waals surface area contributed by atoms with Gasteiger partial charge >= 0.3 is 0 Å². The third-order valence-electron chi connectivity index (χ3n) is 3.76. The van der Waals surface area contributed by atoms with Gasteiger partial charge in [0, 0.05) is 6.07 Å². The van der Waals surface area contributed by atoms with Gasteiger partial charge in [-0.3, -0.25) is 9.78 Å². The number of hydrogen-bond acceptors (Lipinski definition) is 5. The maximum absolute atomic E-state index is 12.4. The Bertz CT molecular complexity index is 1100. The van der Waals surface area contributed by atoms with Crippen LogP contribution in [0.1, 0.15) is 11.3 Å². The SMILES string of the molecule is Cc1ccc(-n2ncc3c(=O)[nH]c(-n4nc(C)cc4N)nc32)cc1. The first kappa shape index (κ1) is 14.2. The van der Waals surface area contributed by atoms with Gasteiger partial charge in [-0.2, -0.15) is 19.9 Å². The predicted octanol–water partition coefficient (Wildman–Crippen LogP) is 1.49. The first-order valence-corrected chi connectivity index (χ1v) is 7.40. The highest BCUT2D eigenvalue weighted by atomic mass is 16.1. The van der Waals surface area contributed by atoms with Crippen molar-refractivity contribution in [1.82, 2.24) is 29.5 Å². The second kappa shape index (κ2) is 5.05. The lowest BCUT2D eigenvalue weighted by molar-refractivity contribution is 0.799. The van der Waals surface area contributed by atoms with Crippen LogP contribution in [0.5, 0.6) is 0 Å². The van der Waals surface area contributed by atoms with E-state index in [1.165, 1.54) is 10.9 Å². The number of H-pyrrole nitrogens is 1. The van der Waals surface area contributed by atoms with Gasteiger partial charge in [0.1, 0.15) is 11.2 Å². The number of nitrogens with zero attached hydrogens (tertiary/aromatic N) is 5. The first-order valence-electron chi connectivity index (χ1n) is 7.40. The molecule has 0 fully saturated rings. The minimum Gasteiger partial charge on any atom is -0.383 e. The maximum atomic E-state index is 12.4. The number of nitrogens with two attached hydrogens (primary N) is 1. The van der Waals surface area contributed by atoms with E-state index in [2.05, 4.69) is 20.2 Å². The van der Waals surface area contributed by atoms with Gasteiger partial charge in [0.2, 0.25) is 5.95 Å². The summed E-state index contributed by atoms with van der Waals surface area (Å²) in [5.41, 5.74) is 8.78. The molecule has 0 atom stereocenters. The molecule has 8 nitrogen and oxygen atoms in total. The standard InChI is InChI=1S/C16H15N7O/c1-9-3-5-11(6-4-9)22-14-12(8-18-22)15(24)20-16(19-14)23-13(17)7-10(2)21-23/h3-8H,17H2,1-2H3,(H,19,20,24). The molecular formula is C16H15N7O. The van der Waals surface area contributed by atoms with Crippen molar-refractivity contribution >= 4 is 16.9 Å². The summed E-state index contributed by atoms with van der Waals surface area (Å²) < 4.78 is 3.03. The number of nitrogen functional groups attached to an aromatic ring is 1. The Labute approximate surface area is 136 Å². The third kappa shape index (κ3) is 2.16. The zero-order valence-corrected chi connectivity index (χ0v) is 13.2. The Morgan fingerprint density at radius 1 is 1.12 bits per heavy atom. The van der Waals surface area contributed by atoms with Gasteiger partial charge < -0.3 is 5.73 Å². The van der Waals surface area contributed by atoms with Crippen LogP contribution in [0.15, 0.2) is 41.3 Å². The summed E-state index contributed by atoms with van der Waals surface area (Å²) in [7, 11) is 0. The molecule has 0 aliphatic rings. The lowest BCUT2D eigenvalue weighted by Crippen LogP contribution is -2.16. The minimum absolute atomic E-state index is 0.256. The summed E-state index contributed by atoms with van der Waals surface area (Å²) in [5.74, 6) is 0.656. The van der Waals surface area contributed by atoms with E-state index in [0.717, 1.165) is 16.9 Å². The van der Waals surface area contributed by atoms with Crippen LogP contribution in [0.25, 0.3) is 22.7 Å². The normalized spacial score (nSPS) is 11.2. The number of nitrogens with one attached hydrogen (secondary N) is 1. The van der Waals surface area contributed by atoms with Gasteiger partial charge in [-0.05, 0) is 26.0 Å². The smallest absolute Gasteiger partial charge is 0.263 e. The van der Waals surface area contributed by atoms with Crippen LogP contribution in [-0.4, -0.2) is 29.5 Å². The number of fused-ring (bicyclic) bond motifs is 1. The molecule has 0 radical (unpaired) electrons. The molecular weight excluding hydrogens is 306 g/mol. The highest BCUT2D eigenvalue weighted by molar-refractivity contribution is 5.75. The van der Waals surface area contributed by atoms with E-state index < -0.39 is 0 Å². The topological polar surface area (TPSA) is 107 Å². The number of anilines is 1. The zero-order valence-electron chi connectivity index (χ0n) is 13.2. The molecule has 0 saturated carbocycles. The fourth-order valence-corrected chi connectivity index (χ4v) is 2.57. The summed E-state index contributed by atoms with van der Waals surface area (Å²) in [6.07, 6.45) is 1.50. The second-order valence-electron chi connectivity index (χ2n) is 5.64. The van der Waals surface area contributed by atoms with E-state index in [9.17, 15) is 4.79 Å². The molecule has 4 rings (SSSR count). The quantitative estimate of drug-likeness (QED) is 0.581. The van der Waals surface area contributed by atoms with Crippen LogP contribution in [0.4, 0.5) is 5.82 Å². The average molecular weight is 321 g/mol. The number of hydrogen-bond donors (Lipinski definition) is 2. The lowest BCUT2D eigenvalue weighted by atomic mass is 10.2. The lowest BCUT2D eigenvalue weighted by Gasteiger charge is -2.06. The second-order valence-corrected chi connectivity index (χ2v) is 5.64. The van der Waals surface area contributed by atoms with Crippen molar-refractivity contribution in [3.8, 4) is 11.6 Å². The van der Waals surface area contributed by atoms with Crippen LogP contribution in [0.2, 0.25) is 0 Å². The molecule has 0 spiro atoms. The minimum atomic E-state index is -0.291. The van der Waals surface area contributed by atoms with E-state index in [-0.39, 0.29) is 11.5 Å². The van der Waals surface area contributed by atoms with E-state index in [1.807, 2.05) is 38.1 Å². The van der Waals surface area contributed by atoms with Gasteiger partial charge in [-0.15, -0.1) is 0 Å². The Kier molecular flexibility index (Phi) is 2.99. The van der Waals surface area contributed by atoms with Crippen molar-refractivity contribution < 1.29 is 0 Å². The molecule has 4 aromatic rings. The number of aryl methyl sites for hydroxylation is 2. The summed E-state index contributed by atoms with van der Waals surface area (Å²) in [6, 6.07) is 9.52. The van der Waals surface area contributed by atoms with Crippen LogP contribution in [-0.2, 0) is 0 Å². The number of aromatic amines is 1. The molecule has 0 saturated heterocycles.